The minimum atomic E-state index is -4.42. The standard InChI is InChI=1S/C19H17Cl2F3N4/c20-14-3-1-12(9-15(14)21)18-16(11-27-7-5-25-6-8-27)28-10-13(19(22,23)24)2-4-17(28)26-18/h1-4,9-10,25H,5-8,11H2. The number of piperazine rings is 1. The molecule has 3 heterocycles. The van der Waals surface area contributed by atoms with Crippen LogP contribution in [0.2, 0.25) is 10.0 Å². The zero-order chi connectivity index (χ0) is 19.9. The average molecular weight is 429 g/mol. The maximum absolute atomic E-state index is 13.2. The van der Waals surface area contributed by atoms with Gasteiger partial charge in [0.15, 0.2) is 0 Å². The van der Waals surface area contributed by atoms with E-state index in [-0.39, 0.29) is 0 Å². The summed E-state index contributed by atoms with van der Waals surface area (Å²) in [6.45, 7) is 3.79. The van der Waals surface area contributed by atoms with E-state index in [0.717, 1.165) is 44.0 Å². The van der Waals surface area contributed by atoms with Gasteiger partial charge in [0.25, 0.3) is 0 Å². The number of hydrogen-bond acceptors (Lipinski definition) is 3. The Kier molecular flexibility index (Phi) is 5.26. The van der Waals surface area contributed by atoms with Crippen LogP contribution in [0.3, 0.4) is 0 Å². The lowest BCUT2D eigenvalue weighted by Gasteiger charge is -2.27. The van der Waals surface area contributed by atoms with Crippen LogP contribution < -0.4 is 5.32 Å². The smallest absolute Gasteiger partial charge is 0.314 e. The van der Waals surface area contributed by atoms with E-state index in [1.807, 2.05) is 0 Å². The highest BCUT2D eigenvalue weighted by Crippen LogP contribution is 2.34. The Hall–Kier alpha value is -1.80. The van der Waals surface area contributed by atoms with Gasteiger partial charge in [0.2, 0.25) is 0 Å². The minimum absolute atomic E-state index is 0.375. The number of halogens is 5. The topological polar surface area (TPSA) is 32.6 Å². The Balaban J connectivity index is 1.86. The predicted octanol–water partition coefficient (Wildman–Crippen LogP) is 4.73. The highest BCUT2D eigenvalue weighted by atomic mass is 35.5. The molecule has 4 nitrogen and oxygen atoms in total. The zero-order valence-corrected chi connectivity index (χ0v) is 16.2. The summed E-state index contributed by atoms with van der Waals surface area (Å²) >= 11 is 12.2. The number of hydrogen-bond donors (Lipinski definition) is 1. The largest absolute Gasteiger partial charge is 0.417 e. The maximum atomic E-state index is 13.2. The number of rotatable bonds is 3. The number of benzene rings is 1. The Labute approximate surface area is 169 Å². The van der Waals surface area contributed by atoms with E-state index in [4.69, 9.17) is 23.2 Å². The molecule has 0 spiro atoms. The summed E-state index contributed by atoms with van der Waals surface area (Å²) < 4.78 is 41.3. The van der Waals surface area contributed by atoms with Crippen LogP contribution in [0.25, 0.3) is 16.9 Å². The van der Waals surface area contributed by atoms with Crippen molar-refractivity contribution in [1.82, 2.24) is 19.6 Å². The average Bonchev–Trinajstić information content (AvgIpc) is 3.02. The molecule has 0 saturated carbocycles. The highest BCUT2D eigenvalue weighted by molar-refractivity contribution is 6.42. The fourth-order valence-electron chi connectivity index (χ4n) is 3.37. The van der Waals surface area contributed by atoms with Crippen molar-refractivity contribution in [1.29, 1.82) is 0 Å². The van der Waals surface area contributed by atoms with Crippen LogP contribution in [0.4, 0.5) is 13.2 Å². The van der Waals surface area contributed by atoms with Gasteiger partial charge in [0, 0.05) is 44.5 Å². The lowest BCUT2D eigenvalue weighted by Crippen LogP contribution is -2.43. The molecular weight excluding hydrogens is 412 g/mol. The molecule has 3 aromatic rings. The molecule has 1 saturated heterocycles. The third kappa shape index (κ3) is 3.85. The summed E-state index contributed by atoms with van der Waals surface area (Å²) in [4.78, 5) is 6.79. The summed E-state index contributed by atoms with van der Waals surface area (Å²) in [6, 6.07) is 7.58. The molecule has 0 atom stereocenters. The van der Waals surface area contributed by atoms with E-state index < -0.39 is 11.7 Å². The molecule has 2 aromatic heterocycles. The van der Waals surface area contributed by atoms with Crippen molar-refractivity contribution >= 4 is 28.8 Å². The van der Waals surface area contributed by atoms with Gasteiger partial charge in [-0.1, -0.05) is 29.3 Å². The summed E-state index contributed by atoms with van der Waals surface area (Å²) in [5.74, 6) is 0. The third-order valence-electron chi connectivity index (χ3n) is 4.82. The van der Waals surface area contributed by atoms with Gasteiger partial charge in [-0.2, -0.15) is 13.2 Å². The molecule has 1 aliphatic rings. The molecule has 0 unspecified atom stereocenters. The van der Waals surface area contributed by atoms with Gasteiger partial charge in [-0.3, -0.25) is 4.90 Å². The van der Waals surface area contributed by atoms with E-state index in [9.17, 15) is 13.2 Å². The van der Waals surface area contributed by atoms with Gasteiger partial charge < -0.3 is 9.72 Å². The van der Waals surface area contributed by atoms with E-state index in [2.05, 4.69) is 15.2 Å². The SMILES string of the molecule is FC(F)(F)c1ccc2nc(-c3ccc(Cl)c(Cl)c3)c(CN3CCNCC3)n2c1. The fourth-order valence-corrected chi connectivity index (χ4v) is 3.67. The first-order chi connectivity index (χ1) is 13.3. The molecule has 0 aliphatic carbocycles. The summed E-state index contributed by atoms with van der Waals surface area (Å²) in [5.41, 5.74) is 1.77. The normalized spacial score (nSPS) is 16.0. The molecule has 9 heteroatoms. The molecule has 0 amide bonds. The van der Waals surface area contributed by atoms with E-state index in [1.165, 1.54) is 10.5 Å². The van der Waals surface area contributed by atoms with Gasteiger partial charge in [-0.25, -0.2) is 4.98 Å². The van der Waals surface area contributed by atoms with Crippen molar-refractivity contribution < 1.29 is 13.2 Å². The number of imidazole rings is 1. The molecule has 1 aromatic carbocycles. The Morgan fingerprint density at radius 3 is 2.46 bits per heavy atom. The number of fused-ring (bicyclic) bond motifs is 1. The Bertz CT molecular complexity index is 1010. The maximum Gasteiger partial charge on any atom is 0.417 e. The second-order valence-corrected chi connectivity index (χ2v) is 7.52. The fraction of sp³-hybridized carbons (Fsp3) is 0.316. The van der Waals surface area contributed by atoms with Crippen molar-refractivity contribution in [2.75, 3.05) is 26.2 Å². The third-order valence-corrected chi connectivity index (χ3v) is 5.56. The second kappa shape index (κ2) is 7.55. The first-order valence-electron chi connectivity index (χ1n) is 8.79. The van der Waals surface area contributed by atoms with E-state index >= 15 is 0 Å². The number of aromatic nitrogens is 2. The van der Waals surface area contributed by atoms with Crippen LogP contribution in [0, 0.1) is 0 Å². The summed E-state index contributed by atoms with van der Waals surface area (Å²) in [7, 11) is 0. The molecule has 1 fully saturated rings. The van der Waals surface area contributed by atoms with Crippen molar-refractivity contribution in [2.24, 2.45) is 0 Å². The molecule has 0 radical (unpaired) electrons. The van der Waals surface area contributed by atoms with Crippen LogP contribution in [-0.2, 0) is 12.7 Å². The first-order valence-corrected chi connectivity index (χ1v) is 9.55. The van der Waals surface area contributed by atoms with Crippen LogP contribution >= 0.6 is 23.2 Å². The number of pyridine rings is 1. The van der Waals surface area contributed by atoms with Gasteiger partial charge in [0.1, 0.15) is 5.65 Å². The highest BCUT2D eigenvalue weighted by Gasteiger charge is 2.31. The van der Waals surface area contributed by atoms with Gasteiger partial charge in [-0.05, 0) is 24.3 Å². The zero-order valence-electron chi connectivity index (χ0n) is 14.7. The molecule has 148 valence electrons. The Morgan fingerprint density at radius 1 is 1.04 bits per heavy atom. The van der Waals surface area contributed by atoms with E-state index in [1.54, 1.807) is 18.2 Å². The quantitative estimate of drug-likeness (QED) is 0.654. The van der Waals surface area contributed by atoms with Crippen LogP contribution in [0.1, 0.15) is 11.3 Å². The lowest BCUT2D eigenvalue weighted by atomic mass is 10.1. The van der Waals surface area contributed by atoms with Gasteiger partial charge in [0.05, 0.1) is 27.0 Å². The molecular formula is C19H17Cl2F3N4. The summed E-state index contributed by atoms with van der Waals surface area (Å²) in [6.07, 6.45) is -3.31. The molecule has 28 heavy (non-hydrogen) atoms. The van der Waals surface area contributed by atoms with Crippen molar-refractivity contribution in [2.45, 2.75) is 12.7 Å². The number of alkyl halides is 3. The van der Waals surface area contributed by atoms with Crippen LogP contribution in [0.15, 0.2) is 36.5 Å². The second-order valence-electron chi connectivity index (χ2n) is 6.71. The van der Waals surface area contributed by atoms with Gasteiger partial charge in [-0.15, -0.1) is 0 Å². The number of nitrogens with one attached hydrogen (secondary N) is 1. The van der Waals surface area contributed by atoms with Crippen LogP contribution in [0.5, 0.6) is 0 Å². The summed E-state index contributed by atoms with van der Waals surface area (Å²) in [5, 5.41) is 4.06. The van der Waals surface area contributed by atoms with Crippen LogP contribution in [-0.4, -0.2) is 40.5 Å². The van der Waals surface area contributed by atoms with Crippen molar-refractivity contribution in [3.05, 3.63) is 57.8 Å². The predicted molar refractivity (Wildman–Crippen MR) is 104 cm³/mol. The van der Waals surface area contributed by atoms with Crippen molar-refractivity contribution in [3.63, 3.8) is 0 Å². The van der Waals surface area contributed by atoms with Crippen molar-refractivity contribution in [3.8, 4) is 11.3 Å². The molecule has 1 aliphatic heterocycles. The Morgan fingerprint density at radius 2 is 1.79 bits per heavy atom. The monoisotopic (exact) mass is 428 g/mol. The molecule has 0 bridgehead atoms. The van der Waals surface area contributed by atoms with Gasteiger partial charge >= 0.3 is 6.18 Å². The minimum Gasteiger partial charge on any atom is -0.314 e. The number of nitrogens with zero attached hydrogens (tertiary/aromatic N) is 3. The molecule has 4 rings (SSSR count). The molecule has 1 N–H and O–H groups in total. The van der Waals surface area contributed by atoms with E-state index in [0.29, 0.717) is 33.6 Å². The lowest BCUT2D eigenvalue weighted by molar-refractivity contribution is -0.137. The first kappa shape index (κ1) is 19.5.